The third-order valence-corrected chi connectivity index (χ3v) is 6.44. The molecule has 2 fully saturated rings. The van der Waals surface area contributed by atoms with Crippen molar-refractivity contribution < 1.29 is 15.0 Å². The van der Waals surface area contributed by atoms with E-state index in [2.05, 4.69) is 0 Å². The van der Waals surface area contributed by atoms with Crippen molar-refractivity contribution in [3.05, 3.63) is 58.6 Å². The van der Waals surface area contributed by atoms with Gasteiger partial charge < -0.3 is 15.1 Å². The fourth-order valence-corrected chi connectivity index (χ4v) is 4.51. The number of carbonyl (C=O) groups is 1. The Morgan fingerprint density at radius 3 is 2.07 bits per heavy atom. The zero-order valence-corrected chi connectivity index (χ0v) is 16.1. The molecule has 1 saturated heterocycles. The molecular formula is C22H24ClNO3. The Balaban J connectivity index is 1.48. The molecule has 2 aromatic rings. The van der Waals surface area contributed by atoms with E-state index in [-0.39, 0.29) is 17.7 Å². The van der Waals surface area contributed by atoms with Gasteiger partial charge in [0, 0.05) is 23.7 Å². The van der Waals surface area contributed by atoms with Crippen LogP contribution in [0.15, 0.2) is 42.5 Å². The minimum absolute atomic E-state index is 0.0156. The van der Waals surface area contributed by atoms with Gasteiger partial charge in [-0.05, 0) is 66.5 Å². The van der Waals surface area contributed by atoms with Gasteiger partial charge in [-0.2, -0.15) is 0 Å². The van der Waals surface area contributed by atoms with Gasteiger partial charge in [-0.25, -0.2) is 0 Å². The summed E-state index contributed by atoms with van der Waals surface area (Å²) in [5, 5.41) is 20.5. The maximum atomic E-state index is 12.9. The van der Waals surface area contributed by atoms with Crippen LogP contribution in [-0.2, 0) is 0 Å². The van der Waals surface area contributed by atoms with Crippen molar-refractivity contribution in [2.45, 2.75) is 32.0 Å². The molecule has 0 radical (unpaired) electrons. The molecule has 1 aliphatic carbocycles. The van der Waals surface area contributed by atoms with Crippen molar-refractivity contribution in [1.29, 1.82) is 0 Å². The van der Waals surface area contributed by atoms with Gasteiger partial charge >= 0.3 is 0 Å². The van der Waals surface area contributed by atoms with Crippen molar-refractivity contribution in [3.63, 3.8) is 0 Å². The molecule has 0 spiro atoms. The molecule has 4 rings (SSSR count). The molecule has 2 N–H and O–H groups in total. The van der Waals surface area contributed by atoms with Crippen LogP contribution in [0.25, 0.3) is 11.1 Å². The number of rotatable bonds is 2. The Kier molecular flexibility index (Phi) is 4.97. The molecule has 142 valence electrons. The largest absolute Gasteiger partial charge is 0.390 e. The van der Waals surface area contributed by atoms with Crippen molar-refractivity contribution in [3.8, 4) is 11.1 Å². The molecule has 27 heavy (non-hydrogen) atoms. The SMILES string of the molecule is Cc1ccc(-c2ccc(C(=O)N3C[C@H]4C[C@H](O)[C@H](O)C[C@H]4C3)cc2)cc1Cl. The summed E-state index contributed by atoms with van der Waals surface area (Å²) in [6.45, 7) is 3.28. The normalized spacial score (nSPS) is 27.5. The predicted octanol–water partition coefficient (Wildman–Crippen LogP) is 3.52. The maximum Gasteiger partial charge on any atom is 0.253 e. The molecule has 0 bridgehead atoms. The minimum Gasteiger partial charge on any atom is -0.390 e. The zero-order valence-electron chi connectivity index (χ0n) is 15.3. The van der Waals surface area contributed by atoms with Gasteiger partial charge in [0.2, 0.25) is 0 Å². The number of aliphatic hydroxyl groups is 2. The number of benzene rings is 2. The monoisotopic (exact) mass is 385 g/mol. The molecule has 2 aromatic carbocycles. The van der Waals surface area contributed by atoms with E-state index < -0.39 is 12.2 Å². The van der Waals surface area contributed by atoms with Crippen LogP contribution in [0.1, 0.15) is 28.8 Å². The van der Waals surface area contributed by atoms with Crippen molar-refractivity contribution in [2.75, 3.05) is 13.1 Å². The summed E-state index contributed by atoms with van der Waals surface area (Å²) in [7, 11) is 0. The van der Waals surface area contributed by atoms with Gasteiger partial charge in [0.25, 0.3) is 5.91 Å². The second-order valence-corrected chi connectivity index (χ2v) is 8.28. The summed E-state index contributed by atoms with van der Waals surface area (Å²) in [6, 6.07) is 13.6. The molecule has 1 heterocycles. The molecule has 4 nitrogen and oxygen atoms in total. The first kappa shape index (κ1) is 18.5. The Labute approximate surface area is 164 Å². The molecule has 2 aliphatic rings. The fourth-order valence-electron chi connectivity index (χ4n) is 4.33. The van der Waals surface area contributed by atoms with Crippen LogP contribution in [0.4, 0.5) is 0 Å². The average Bonchev–Trinajstić information content (AvgIpc) is 3.06. The van der Waals surface area contributed by atoms with Gasteiger partial charge in [-0.15, -0.1) is 0 Å². The van der Waals surface area contributed by atoms with Crippen molar-refractivity contribution in [1.82, 2.24) is 4.90 Å². The second-order valence-electron chi connectivity index (χ2n) is 7.88. The van der Waals surface area contributed by atoms with Gasteiger partial charge in [0.15, 0.2) is 0 Å². The summed E-state index contributed by atoms with van der Waals surface area (Å²) in [5.41, 5.74) is 3.75. The van der Waals surface area contributed by atoms with Gasteiger partial charge in [-0.3, -0.25) is 4.79 Å². The number of aryl methyl sites for hydroxylation is 1. The minimum atomic E-state index is -0.665. The molecule has 0 aromatic heterocycles. The zero-order chi connectivity index (χ0) is 19.1. The predicted molar refractivity (Wildman–Crippen MR) is 106 cm³/mol. The molecule has 4 atom stereocenters. The van der Waals surface area contributed by atoms with Crippen LogP contribution in [0, 0.1) is 18.8 Å². The smallest absolute Gasteiger partial charge is 0.253 e. The van der Waals surface area contributed by atoms with Crippen LogP contribution in [0.2, 0.25) is 5.02 Å². The molecule has 1 aliphatic heterocycles. The van der Waals surface area contributed by atoms with E-state index in [1.165, 1.54) is 0 Å². The summed E-state index contributed by atoms with van der Waals surface area (Å²) in [6.07, 6.45) is -0.185. The van der Waals surface area contributed by atoms with Gasteiger partial charge in [0.1, 0.15) is 0 Å². The molecule has 1 amide bonds. The third-order valence-electron chi connectivity index (χ3n) is 6.03. The first-order valence-electron chi connectivity index (χ1n) is 9.44. The van der Waals surface area contributed by atoms with E-state index in [4.69, 9.17) is 11.6 Å². The average molecular weight is 386 g/mol. The standard InChI is InChI=1S/C22H24ClNO3/c1-13-2-3-16(8-19(13)23)14-4-6-15(7-5-14)22(27)24-11-17-9-20(25)21(26)10-18(17)12-24/h2-8,17-18,20-21,25-26H,9-12H2,1H3/t17-,18+,20+,21-. The number of fused-ring (bicyclic) bond motifs is 1. The summed E-state index contributed by atoms with van der Waals surface area (Å²) in [4.78, 5) is 14.7. The number of likely N-dealkylation sites (tertiary alicyclic amines) is 1. The number of aliphatic hydroxyl groups excluding tert-OH is 2. The van der Waals surface area contributed by atoms with E-state index in [0.717, 1.165) is 21.7 Å². The molecular weight excluding hydrogens is 362 g/mol. The molecule has 1 saturated carbocycles. The maximum absolute atomic E-state index is 12.9. The third kappa shape index (κ3) is 3.62. The van der Waals surface area contributed by atoms with Gasteiger partial charge in [-0.1, -0.05) is 35.9 Å². The highest BCUT2D eigenvalue weighted by Gasteiger charge is 2.42. The van der Waals surface area contributed by atoms with Crippen LogP contribution >= 0.6 is 11.6 Å². The number of halogens is 1. The summed E-state index contributed by atoms with van der Waals surface area (Å²) < 4.78 is 0. The number of hydrogen-bond acceptors (Lipinski definition) is 3. The second kappa shape index (κ2) is 7.27. The highest BCUT2D eigenvalue weighted by atomic mass is 35.5. The summed E-state index contributed by atoms with van der Waals surface area (Å²) >= 11 is 6.22. The first-order chi connectivity index (χ1) is 12.9. The van der Waals surface area contributed by atoms with E-state index in [1.807, 2.05) is 54.3 Å². The van der Waals surface area contributed by atoms with E-state index >= 15 is 0 Å². The fraction of sp³-hybridized carbons (Fsp3) is 0.409. The molecule has 0 unspecified atom stereocenters. The lowest BCUT2D eigenvalue weighted by Crippen LogP contribution is -2.38. The number of nitrogens with zero attached hydrogens (tertiary/aromatic N) is 1. The highest BCUT2D eigenvalue weighted by molar-refractivity contribution is 6.31. The number of carbonyl (C=O) groups excluding carboxylic acids is 1. The Morgan fingerprint density at radius 1 is 0.963 bits per heavy atom. The van der Waals surface area contributed by atoms with Crippen LogP contribution in [-0.4, -0.2) is 46.3 Å². The van der Waals surface area contributed by atoms with E-state index in [9.17, 15) is 15.0 Å². The van der Waals surface area contributed by atoms with Gasteiger partial charge in [0.05, 0.1) is 12.2 Å². The number of amides is 1. The van der Waals surface area contributed by atoms with E-state index in [1.54, 1.807) is 0 Å². The lowest BCUT2D eigenvalue weighted by Gasteiger charge is -2.31. The number of hydrogen-bond donors (Lipinski definition) is 2. The van der Waals surface area contributed by atoms with Crippen molar-refractivity contribution in [2.24, 2.45) is 11.8 Å². The lowest BCUT2D eigenvalue weighted by atomic mass is 9.79. The van der Waals surface area contributed by atoms with Crippen LogP contribution < -0.4 is 0 Å². The summed E-state index contributed by atoms with van der Waals surface area (Å²) in [5.74, 6) is 0.574. The van der Waals surface area contributed by atoms with Crippen LogP contribution in [0.5, 0.6) is 0 Å². The Hall–Kier alpha value is -1.88. The quantitative estimate of drug-likeness (QED) is 0.831. The molecule has 5 heteroatoms. The Morgan fingerprint density at radius 2 is 1.52 bits per heavy atom. The Bertz CT molecular complexity index is 833. The van der Waals surface area contributed by atoms with E-state index in [0.29, 0.717) is 31.5 Å². The topological polar surface area (TPSA) is 60.8 Å². The van der Waals surface area contributed by atoms with Crippen LogP contribution in [0.3, 0.4) is 0 Å². The van der Waals surface area contributed by atoms with Crippen molar-refractivity contribution >= 4 is 17.5 Å². The first-order valence-corrected chi connectivity index (χ1v) is 9.82. The lowest BCUT2D eigenvalue weighted by molar-refractivity contribution is -0.0372. The highest BCUT2D eigenvalue weighted by Crippen LogP contribution is 2.37.